The van der Waals surface area contributed by atoms with Crippen molar-refractivity contribution in [2.75, 3.05) is 0 Å². The van der Waals surface area contributed by atoms with Gasteiger partial charge in [0.15, 0.2) is 5.84 Å². The van der Waals surface area contributed by atoms with Crippen molar-refractivity contribution < 1.29 is 4.79 Å². The number of amides is 1. The van der Waals surface area contributed by atoms with Gasteiger partial charge in [-0.15, -0.1) is 10.2 Å². The summed E-state index contributed by atoms with van der Waals surface area (Å²) in [7, 11) is 0. The molecule has 0 fully saturated rings. The van der Waals surface area contributed by atoms with Crippen LogP contribution in [-0.4, -0.2) is 23.3 Å². The topological polar surface area (TPSA) is 78.9 Å². The molecule has 2 aromatic carbocycles. The van der Waals surface area contributed by atoms with Gasteiger partial charge < -0.3 is 0 Å². The van der Waals surface area contributed by atoms with Gasteiger partial charge in [-0.3, -0.25) is 4.79 Å². The minimum atomic E-state index is -0.455. The zero-order chi connectivity index (χ0) is 15.6. The summed E-state index contributed by atoms with van der Waals surface area (Å²) >= 11 is 0. The number of hydrogen-bond donors (Lipinski definition) is 0. The van der Waals surface area contributed by atoms with Crippen LogP contribution in [0.3, 0.4) is 0 Å². The van der Waals surface area contributed by atoms with E-state index < -0.39 is 5.91 Å². The summed E-state index contributed by atoms with van der Waals surface area (Å²) in [5.41, 5.74) is 3.22. The predicted molar refractivity (Wildman–Crippen MR) is 87.0 cm³/mol. The van der Waals surface area contributed by atoms with Crippen molar-refractivity contribution in [1.29, 1.82) is 0 Å². The third kappa shape index (κ3) is 2.62. The molecule has 0 aliphatic carbocycles. The molecule has 2 aromatic rings. The second kappa shape index (κ2) is 5.49. The van der Waals surface area contributed by atoms with Crippen LogP contribution in [0.2, 0.25) is 0 Å². The SMILES string of the molecule is O=C1N=C(c2cccc(Cc3ccccc3)c2)N=C2N=NN=C12. The minimum Gasteiger partial charge on any atom is -0.265 e. The zero-order valence-corrected chi connectivity index (χ0v) is 12.0. The van der Waals surface area contributed by atoms with Crippen molar-refractivity contribution in [3.8, 4) is 0 Å². The number of benzene rings is 2. The summed E-state index contributed by atoms with van der Waals surface area (Å²) in [5, 5.41) is 10.8. The molecule has 0 saturated heterocycles. The van der Waals surface area contributed by atoms with Crippen molar-refractivity contribution in [2.45, 2.75) is 6.42 Å². The Morgan fingerprint density at radius 3 is 2.52 bits per heavy atom. The van der Waals surface area contributed by atoms with E-state index in [1.807, 2.05) is 42.5 Å². The largest absolute Gasteiger partial charge is 0.303 e. The van der Waals surface area contributed by atoms with Crippen molar-refractivity contribution >= 4 is 23.3 Å². The van der Waals surface area contributed by atoms with Crippen LogP contribution in [0.4, 0.5) is 0 Å². The number of fused-ring (bicyclic) bond motifs is 1. The van der Waals surface area contributed by atoms with Crippen LogP contribution < -0.4 is 0 Å². The van der Waals surface area contributed by atoms with E-state index in [1.54, 1.807) is 0 Å². The van der Waals surface area contributed by atoms with Crippen molar-refractivity contribution in [3.63, 3.8) is 0 Å². The normalized spacial score (nSPS) is 15.8. The standard InChI is InChI=1S/C17H11N5O/c23-17-14-16(21-22-20-14)18-15(19-17)13-8-4-7-12(10-13)9-11-5-2-1-3-6-11/h1-8,10H,9H2. The van der Waals surface area contributed by atoms with Crippen LogP contribution >= 0.6 is 0 Å². The zero-order valence-electron chi connectivity index (χ0n) is 12.0. The van der Waals surface area contributed by atoms with Gasteiger partial charge in [-0.05, 0) is 28.8 Å². The highest BCUT2D eigenvalue weighted by Crippen LogP contribution is 2.16. The van der Waals surface area contributed by atoms with Gasteiger partial charge in [-0.1, -0.05) is 48.5 Å². The molecule has 23 heavy (non-hydrogen) atoms. The quantitative estimate of drug-likeness (QED) is 0.858. The van der Waals surface area contributed by atoms with E-state index in [0.717, 1.165) is 17.5 Å². The number of nitrogens with zero attached hydrogens (tertiary/aromatic N) is 5. The summed E-state index contributed by atoms with van der Waals surface area (Å²) in [6.45, 7) is 0. The average Bonchev–Trinajstić information content (AvgIpc) is 3.05. The Hall–Kier alpha value is -3.28. The molecule has 0 N–H and O–H groups in total. The molecule has 0 radical (unpaired) electrons. The first-order valence-electron chi connectivity index (χ1n) is 7.13. The minimum absolute atomic E-state index is 0.106. The van der Waals surface area contributed by atoms with E-state index in [0.29, 0.717) is 5.84 Å². The maximum atomic E-state index is 11.9. The van der Waals surface area contributed by atoms with Gasteiger partial charge >= 0.3 is 5.91 Å². The summed E-state index contributed by atoms with van der Waals surface area (Å²) < 4.78 is 0. The highest BCUT2D eigenvalue weighted by Gasteiger charge is 2.27. The average molecular weight is 301 g/mol. The van der Waals surface area contributed by atoms with Crippen LogP contribution in [0, 0.1) is 0 Å². The Morgan fingerprint density at radius 2 is 1.65 bits per heavy atom. The lowest BCUT2D eigenvalue weighted by Gasteiger charge is -2.08. The Kier molecular flexibility index (Phi) is 3.20. The van der Waals surface area contributed by atoms with Crippen LogP contribution in [0.1, 0.15) is 16.7 Å². The first-order chi connectivity index (χ1) is 11.3. The molecule has 0 saturated carbocycles. The lowest BCUT2D eigenvalue weighted by molar-refractivity contribution is -0.111. The molecule has 110 valence electrons. The molecule has 2 aliphatic rings. The van der Waals surface area contributed by atoms with Gasteiger partial charge in [0.25, 0.3) is 0 Å². The smallest absolute Gasteiger partial charge is 0.265 e. The van der Waals surface area contributed by atoms with Gasteiger partial charge in [0.2, 0.25) is 11.5 Å². The lowest BCUT2D eigenvalue weighted by atomic mass is 10.0. The molecule has 1 amide bonds. The lowest BCUT2D eigenvalue weighted by Crippen LogP contribution is -2.25. The first kappa shape index (κ1) is 13.4. The van der Waals surface area contributed by atoms with Gasteiger partial charge in [0.05, 0.1) is 0 Å². The molecule has 4 rings (SSSR count). The van der Waals surface area contributed by atoms with Crippen LogP contribution in [0.25, 0.3) is 0 Å². The van der Waals surface area contributed by atoms with Crippen molar-refractivity contribution in [1.82, 2.24) is 0 Å². The Balaban J connectivity index is 1.66. The number of carbonyl (C=O) groups excluding carboxylic acids is 1. The van der Waals surface area contributed by atoms with Crippen LogP contribution in [-0.2, 0) is 11.2 Å². The number of hydrogen-bond acceptors (Lipinski definition) is 5. The molecule has 0 bridgehead atoms. The maximum absolute atomic E-state index is 11.9. The molecule has 0 unspecified atom stereocenters. The third-order valence-electron chi connectivity index (χ3n) is 3.55. The first-order valence-corrected chi connectivity index (χ1v) is 7.13. The van der Waals surface area contributed by atoms with Gasteiger partial charge in [-0.25, -0.2) is 4.99 Å². The molecular formula is C17H11N5O. The molecule has 2 heterocycles. The second-order valence-corrected chi connectivity index (χ2v) is 5.18. The summed E-state index contributed by atoms with van der Waals surface area (Å²) in [5.74, 6) is 0.122. The predicted octanol–water partition coefficient (Wildman–Crippen LogP) is 2.78. The number of carbonyl (C=O) groups is 1. The fourth-order valence-electron chi connectivity index (χ4n) is 2.47. The number of rotatable bonds is 3. The molecule has 0 aromatic heterocycles. The van der Waals surface area contributed by atoms with E-state index in [9.17, 15) is 4.79 Å². The van der Waals surface area contributed by atoms with E-state index >= 15 is 0 Å². The summed E-state index contributed by atoms with van der Waals surface area (Å²) in [6, 6.07) is 18.0. The van der Waals surface area contributed by atoms with E-state index in [4.69, 9.17) is 0 Å². The third-order valence-corrected chi connectivity index (χ3v) is 3.55. The second-order valence-electron chi connectivity index (χ2n) is 5.18. The molecule has 6 nitrogen and oxygen atoms in total. The summed E-state index contributed by atoms with van der Waals surface area (Å²) in [4.78, 5) is 20.2. The Morgan fingerprint density at radius 1 is 0.826 bits per heavy atom. The fraction of sp³-hybridized carbons (Fsp3) is 0.0588. The van der Waals surface area contributed by atoms with Crippen molar-refractivity contribution in [2.24, 2.45) is 25.4 Å². The van der Waals surface area contributed by atoms with Crippen LogP contribution in [0.5, 0.6) is 0 Å². The number of aliphatic imine (C=N–C) groups is 2. The highest BCUT2D eigenvalue weighted by molar-refractivity contribution is 6.69. The molecule has 0 atom stereocenters. The number of amidine groups is 2. The van der Waals surface area contributed by atoms with Gasteiger partial charge in [0, 0.05) is 5.56 Å². The van der Waals surface area contributed by atoms with E-state index in [-0.39, 0.29) is 11.5 Å². The van der Waals surface area contributed by atoms with Gasteiger partial charge in [0.1, 0.15) is 0 Å². The molecule has 6 heteroatoms. The molecule has 2 aliphatic heterocycles. The van der Waals surface area contributed by atoms with E-state index in [1.165, 1.54) is 5.56 Å². The fourth-order valence-corrected chi connectivity index (χ4v) is 2.47. The summed E-state index contributed by atoms with van der Waals surface area (Å²) in [6.07, 6.45) is 0.804. The van der Waals surface area contributed by atoms with Crippen LogP contribution in [0.15, 0.2) is 80.0 Å². The Bertz CT molecular complexity index is 910. The van der Waals surface area contributed by atoms with Gasteiger partial charge in [-0.2, -0.15) is 4.99 Å². The highest BCUT2D eigenvalue weighted by atomic mass is 16.1. The van der Waals surface area contributed by atoms with Crippen molar-refractivity contribution in [3.05, 3.63) is 71.3 Å². The monoisotopic (exact) mass is 301 g/mol. The van der Waals surface area contributed by atoms with E-state index in [2.05, 4.69) is 37.6 Å². The molecule has 0 spiro atoms. The Labute approximate surface area is 132 Å². The molecular weight excluding hydrogens is 290 g/mol. The maximum Gasteiger partial charge on any atom is 0.303 e.